The van der Waals surface area contributed by atoms with Crippen LogP contribution < -0.4 is 10.8 Å². The van der Waals surface area contributed by atoms with E-state index >= 15 is 0 Å². The highest BCUT2D eigenvalue weighted by molar-refractivity contribution is 5.84. The molecule has 0 aromatic heterocycles. The molecule has 0 unspecified atom stereocenters. The van der Waals surface area contributed by atoms with Gasteiger partial charge in [0.2, 0.25) is 0 Å². The molecule has 1 atom stereocenters. The molecule has 0 aliphatic rings. The lowest BCUT2D eigenvalue weighted by atomic mass is 10.1. The molecule has 116 valence electrons. The second kappa shape index (κ2) is 7.64. The van der Waals surface area contributed by atoms with E-state index in [4.69, 9.17) is 9.94 Å². The molecule has 0 spiro atoms. The van der Waals surface area contributed by atoms with Crippen molar-refractivity contribution in [3.63, 3.8) is 0 Å². The second-order valence-electron chi connectivity index (χ2n) is 5.70. The van der Waals surface area contributed by atoms with Crippen molar-refractivity contribution in [2.75, 3.05) is 0 Å². The minimum Gasteiger partial charge on any atom is -0.444 e. The molecule has 0 radical (unpaired) electrons. The molecule has 1 rings (SSSR count). The SMILES string of the molecule is CC(C)(C)OC(=O)N[C@@H](CCc1ccccc1)C(=O)NO. The van der Waals surface area contributed by atoms with Crippen molar-refractivity contribution in [3.8, 4) is 0 Å². The van der Waals surface area contributed by atoms with Crippen molar-refractivity contribution in [1.29, 1.82) is 0 Å². The zero-order valence-corrected chi connectivity index (χ0v) is 12.6. The molecule has 6 nitrogen and oxygen atoms in total. The fraction of sp³-hybridized carbons (Fsp3) is 0.467. The fourth-order valence-electron chi connectivity index (χ4n) is 1.75. The van der Waals surface area contributed by atoms with E-state index in [2.05, 4.69) is 5.32 Å². The molecule has 3 N–H and O–H groups in total. The van der Waals surface area contributed by atoms with Gasteiger partial charge in [-0.2, -0.15) is 0 Å². The summed E-state index contributed by atoms with van der Waals surface area (Å²) in [4.78, 5) is 23.3. The summed E-state index contributed by atoms with van der Waals surface area (Å²) in [7, 11) is 0. The Morgan fingerprint density at radius 1 is 1.24 bits per heavy atom. The molecule has 0 aliphatic heterocycles. The number of ether oxygens (including phenoxy) is 1. The maximum atomic E-state index is 11.7. The number of carbonyl (C=O) groups excluding carboxylic acids is 2. The predicted molar refractivity (Wildman–Crippen MR) is 77.8 cm³/mol. The van der Waals surface area contributed by atoms with E-state index in [0.29, 0.717) is 12.8 Å². The van der Waals surface area contributed by atoms with Gasteiger partial charge >= 0.3 is 6.09 Å². The van der Waals surface area contributed by atoms with E-state index in [9.17, 15) is 9.59 Å². The lowest BCUT2D eigenvalue weighted by Crippen LogP contribution is -2.47. The lowest BCUT2D eigenvalue weighted by molar-refractivity contribution is -0.131. The molecule has 0 fully saturated rings. The largest absolute Gasteiger partial charge is 0.444 e. The van der Waals surface area contributed by atoms with Gasteiger partial charge in [-0.15, -0.1) is 0 Å². The molecular weight excluding hydrogens is 272 g/mol. The lowest BCUT2D eigenvalue weighted by Gasteiger charge is -2.22. The molecule has 0 saturated carbocycles. The number of hydrogen-bond acceptors (Lipinski definition) is 4. The third-order valence-corrected chi connectivity index (χ3v) is 2.68. The van der Waals surface area contributed by atoms with Crippen LogP contribution in [0.3, 0.4) is 0 Å². The first-order valence-corrected chi connectivity index (χ1v) is 6.79. The Hall–Kier alpha value is -2.08. The van der Waals surface area contributed by atoms with E-state index in [1.54, 1.807) is 26.3 Å². The second-order valence-corrected chi connectivity index (χ2v) is 5.70. The number of amides is 2. The minimum atomic E-state index is -0.856. The van der Waals surface area contributed by atoms with Crippen LogP contribution in [0, 0.1) is 0 Å². The van der Waals surface area contributed by atoms with E-state index in [1.807, 2.05) is 30.3 Å². The number of carbonyl (C=O) groups is 2. The molecule has 0 bridgehead atoms. The highest BCUT2D eigenvalue weighted by atomic mass is 16.6. The first kappa shape index (κ1) is 17.0. The topological polar surface area (TPSA) is 87.7 Å². The zero-order chi connectivity index (χ0) is 15.9. The molecule has 1 aromatic carbocycles. The molecular formula is C15H22N2O4. The standard InChI is InChI=1S/C15H22N2O4/c1-15(2,3)21-14(19)16-12(13(18)17-20)10-9-11-7-5-4-6-8-11/h4-8,12,20H,9-10H2,1-3H3,(H,16,19)(H,17,18)/t12-/m0/s1. The smallest absolute Gasteiger partial charge is 0.408 e. The summed E-state index contributed by atoms with van der Waals surface area (Å²) in [5.41, 5.74) is 1.95. The van der Waals surface area contributed by atoms with Gasteiger partial charge in [0.05, 0.1) is 0 Å². The number of aryl methyl sites for hydroxylation is 1. The molecule has 2 amide bonds. The first-order chi connectivity index (χ1) is 9.81. The van der Waals surface area contributed by atoms with E-state index in [-0.39, 0.29) is 0 Å². The Balaban J connectivity index is 2.60. The summed E-state index contributed by atoms with van der Waals surface area (Å²) in [5, 5.41) is 11.2. The Morgan fingerprint density at radius 3 is 2.38 bits per heavy atom. The van der Waals surface area contributed by atoms with Gasteiger partial charge in [-0.05, 0) is 39.2 Å². The monoisotopic (exact) mass is 294 g/mol. The molecule has 21 heavy (non-hydrogen) atoms. The Morgan fingerprint density at radius 2 is 1.86 bits per heavy atom. The Kier molecular flexibility index (Phi) is 6.17. The van der Waals surface area contributed by atoms with E-state index < -0.39 is 23.6 Å². The average molecular weight is 294 g/mol. The van der Waals surface area contributed by atoms with Gasteiger partial charge in [-0.25, -0.2) is 10.3 Å². The van der Waals surface area contributed by atoms with Crippen LogP contribution in [0.5, 0.6) is 0 Å². The van der Waals surface area contributed by atoms with Crippen LogP contribution in [-0.4, -0.2) is 28.9 Å². The number of hydroxylamine groups is 1. The number of hydrogen-bond donors (Lipinski definition) is 3. The third-order valence-electron chi connectivity index (χ3n) is 2.68. The highest BCUT2D eigenvalue weighted by Gasteiger charge is 2.23. The van der Waals surface area contributed by atoms with Crippen molar-refractivity contribution in [3.05, 3.63) is 35.9 Å². The number of alkyl carbamates (subject to hydrolysis) is 1. The Labute approximate surface area is 124 Å². The van der Waals surface area contributed by atoms with Crippen molar-refractivity contribution >= 4 is 12.0 Å². The summed E-state index contributed by atoms with van der Waals surface area (Å²) >= 11 is 0. The normalized spacial score (nSPS) is 12.4. The predicted octanol–water partition coefficient (Wildman–Crippen LogP) is 2.02. The summed E-state index contributed by atoms with van der Waals surface area (Å²) in [6.07, 6.45) is 0.258. The van der Waals surface area contributed by atoms with Gasteiger partial charge in [0.25, 0.3) is 5.91 Å². The van der Waals surface area contributed by atoms with Gasteiger partial charge in [0.15, 0.2) is 0 Å². The van der Waals surface area contributed by atoms with E-state index in [0.717, 1.165) is 5.56 Å². The van der Waals surface area contributed by atoms with Crippen LogP contribution in [-0.2, 0) is 16.0 Å². The summed E-state index contributed by atoms with van der Waals surface area (Å²) in [5.74, 6) is -0.670. The maximum Gasteiger partial charge on any atom is 0.408 e. The maximum absolute atomic E-state index is 11.7. The van der Waals surface area contributed by atoms with Gasteiger partial charge in [-0.3, -0.25) is 10.0 Å². The minimum absolute atomic E-state index is 0.357. The van der Waals surface area contributed by atoms with Gasteiger partial charge in [0, 0.05) is 0 Å². The van der Waals surface area contributed by atoms with Gasteiger partial charge in [-0.1, -0.05) is 30.3 Å². The summed E-state index contributed by atoms with van der Waals surface area (Å²) in [6, 6.07) is 8.71. The number of rotatable bonds is 5. The van der Waals surface area contributed by atoms with Crippen LogP contribution >= 0.6 is 0 Å². The quantitative estimate of drug-likeness (QED) is 0.572. The third kappa shape index (κ3) is 6.76. The molecule has 0 aliphatic carbocycles. The number of benzene rings is 1. The highest BCUT2D eigenvalue weighted by Crippen LogP contribution is 2.09. The fourth-order valence-corrected chi connectivity index (χ4v) is 1.75. The van der Waals surface area contributed by atoms with Crippen LogP contribution in [0.2, 0.25) is 0 Å². The van der Waals surface area contributed by atoms with E-state index in [1.165, 1.54) is 0 Å². The van der Waals surface area contributed by atoms with Gasteiger partial charge in [0.1, 0.15) is 11.6 Å². The van der Waals surface area contributed by atoms with Crippen molar-refractivity contribution in [1.82, 2.24) is 10.8 Å². The van der Waals surface area contributed by atoms with Crippen molar-refractivity contribution in [2.45, 2.75) is 45.3 Å². The van der Waals surface area contributed by atoms with Crippen LogP contribution in [0.1, 0.15) is 32.8 Å². The Bertz CT molecular complexity index is 468. The van der Waals surface area contributed by atoms with Crippen LogP contribution in [0.15, 0.2) is 30.3 Å². The molecule has 6 heteroatoms. The van der Waals surface area contributed by atoms with Gasteiger partial charge < -0.3 is 10.1 Å². The van der Waals surface area contributed by atoms with Crippen LogP contribution in [0.25, 0.3) is 0 Å². The molecule has 1 aromatic rings. The summed E-state index contributed by atoms with van der Waals surface area (Å²) in [6.45, 7) is 5.20. The first-order valence-electron chi connectivity index (χ1n) is 6.79. The summed E-state index contributed by atoms with van der Waals surface area (Å²) < 4.78 is 5.10. The van der Waals surface area contributed by atoms with Crippen molar-refractivity contribution < 1.29 is 19.5 Å². The van der Waals surface area contributed by atoms with Crippen molar-refractivity contribution in [2.24, 2.45) is 0 Å². The molecule has 0 heterocycles. The number of nitrogens with one attached hydrogen (secondary N) is 2. The molecule has 0 saturated heterocycles. The zero-order valence-electron chi connectivity index (χ0n) is 12.6. The van der Waals surface area contributed by atoms with Crippen LogP contribution in [0.4, 0.5) is 4.79 Å². The average Bonchev–Trinajstić information content (AvgIpc) is 2.41.